The Morgan fingerprint density at radius 1 is 1.20 bits per heavy atom. The SMILES string of the molecule is NC(=O)C1CNCCN1CC(=O)NC1CCCCCC1. The first-order chi connectivity index (χ1) is 9.66. The van der Waals surface area contributed by atoms with Gasteiger partial charge in [-0.15, -0.1) is 0 Å². The van der Waals surface area contributed by atoms with Crippen LogP contribution in [0.4, 0.5) is 0 Å². The van der Waals surface area contributed by atoms with Gasteiger partial charge in [-0.2, -0.15) is 0 Å². The first-order valence-electron chi connectivity index (χ1n) is 7.70. The first kappa shape index (κ1) is 15.3. The molecule has 2 fully saturated rings. The summed E-state index contributed by atoms with van der Waals surface area (Å²) >= 11 is 0. The standard InChI is InChI=1S/C14H26N4O2/c15-14(20)12-9-16-7-8-18(12)10-13(19)17-11-5-3-1-2-4-6-11/h11-12,16H,1-10H2,(H2,15,20)(H,17,19). The molecule has 2 rings (SSSR count). The van der Waals surface area contributed by atoms with Crippen LogP contribution in [-0.2, 0) is 9.59 Å². The molecule has 0 aromatic carbocycles. The van der Waals surface area contributed by atoms with Crippen LogP contribution in [0.15, 0.2) is 0 Å². The molecule has 20 heavy (non-hydrogen) atoms. The van der Waals surface area contributed by atoms with E-state index in [0.29, 0.717) is 19.1 Å². The summed E-state index contributed by atoms with van der Waals surface area (Å²) in [5.74, 6) is -0.343. The smallest absolute Gasteiger partial charge is 0.236 e. The minimum absolute atomic E-state index is 0.0186. The highest BCUT2D eigenvalue weighted by Crippen LogP contribution is 2.17. The quantitative estimate of drug-likeness (QED) is 0.611. The number of nitrogens with one attached hydrogen (secondary N) is 2. The van der Waals surface area contributed by atoms with Crippen molar-refractivity contribution in [2.45, 2.75) is 50.6 Å². The van der Waals surface area contributed by atoms with E-state index in [2.05, 4.69) is 10.6 Å². The van der Waals surface area contributed by atoms with E-state index >= 15 is 0 Å². The molecule has 6 heteroatoms. The average molecular weight is 282 g/mol. The fraction of sp³-hybridized carbons (Fsp3) is 0.857. The maximum Gasteiger partial charge on any atom is 0.236 e. The summed E-state index contributed by atoms with van der Waals surface area (Å²) in [6, 6.07) is -0.0661. The lowest BCUT2D eigenvalue weighted by molar-refractivity contribution is -0.127. The second kappa shape index (κ2) is 7.59. The van der Waals surface area contributed by atoms with E-state index < -0.39 is 0 Å². The Bertz CT molecular complexity index is 340. The van der Waals surface area contributed by atoms with E-state index in [4.69, 9.17) is 5.73 Å². The number of primary amides is 1. The summed E-state index contributed by atoms with van der Waals surface area (Å²) in [6.45, 7) is 2.28. The maximum atomic E-state index is 12.1. The number of carbonyl (C=O) groups is 2. The van der Waals surface area contributed by atoms with Crippen molar-refractivity contribution in [1.29, 1.82) is 0 Å². The molecular weight excluding hydrogens is 256 g/mol. The Labute approximate surface area is 120 Å². The molecule has 1 aliphatic carbocycles. The van der Waals surface area contributed by atoms with Gasteiger partial charge in [0.15, 0.2) is 0 Å². The van der Waals surface area contributed by atoms with Crippen LogP contribution < -0.4 is 16.4 Å². The third-order valence-electron chi connectivity index (χ3n) is 4.25. The van der Waals surface area contributed by atoms with E-state index in [1.807, 2.05) is 4.90 Å². The first-order valence-corrected chi connectivity index (χ1v) is 7.70. The van der Waals surface area contributed by atoms with Crippen LogP contribution in [0.5, 0.6) is 0 Å². The zero-order valence-corrected chi connectivity index (χ0v) is 12.1. The number of nitrogens with two attached hydrogens (primary N) is 1. The highest BCUT2D eigenvalue weighted by molar-refractivity contribution is 5.82. The van der Waals surface area contributed by atoms with Gasteiger partial charge in [-0.1, -0.05) is 25.7 Å². The average Bonchev–Trinajstić information content (AvgIpc) is 2.67. The summed E-state index contributed by atoms with van der Waals surface area (Å²) in [7, 11) is 0. The van der Waals surface area contributed by atoms with Crippen LogP contribution in [0.2, 0.25) is 0 Å². The fourth-order valence-corrected chi connectivity index (χ4v) is 3.10. The van der Waals surface area contributed by atoms with Gasteiger partial charge in [-0.3, -0.25) is 14.5 Å². The summed E-state index contributed by atoms with van der Waals surface area (Å²) < 4.78 is 0. The largest absolute Gasteiger partial charge is 0.368 e. The van der Waals surface area contributed by atoms with Crippen molar-refractivity contribution in [2.75, 3.05) is 26.2 Å². The van der Waals surface area contributed by atoms with Gasteiger partial charge in [-0.05, 0) is 12.8 Å². The molecule has 0 aromatic rings. The van der Waals surface area contributed by atoms with E-state index in [1.54, 1.807) is 0 Å². The Kier molecular flexibility index (Phi) is 5.79. The van der Waals surface area contributed by atoms with Crippen LogP contribution in [0.1, 0.15) is 38.5 Å². The molecule has 0 aromatic heterocycles. The van der Waals surface area contributed by atoms with Gasteiger partial charge >= 0.3 is 0 Å². The van der Waals surface area contributed by atoms with E-state index in [9.17, 15) is 9.59 Å². The molecule has 0 radical (unpaired) electrons. The molecule has 1 aliphatic heterocycles. The molecule has 6 nitrogen and oxygen atoms in total. The van der Waals surface area contributed by atoms with Gasteiger partial charge < -0.3 is 16.4 Å². The topological polar surface area (TPSA) is 87.5 Å². The van der Waals surface area contributed by atoms with Gasteiger partial charge in [0, 0.05) is 25.7 Å². The Morgan fingerprint density at radius 3 is 2.55 bits per heavy atom. The third-order valence-corrected chi connectivity index (χ3v) is 4.25. The second-order valence-corrected chi connectivity index (χ2v) is 5.85. The molecule has 1 heterocycles. The van der Waals surface area contributed by atoms with Crippen LogP contribution in [0.3, 0.4) is 0 Å². The van der Waals surface area contributed by atoms with Gasteiger partial charge in [0.1, 0.15) is 6.04 Å². The van der Waals surface area contributed by atoms with Crippen molar-refractivity contribution in [3.63, 3.8) is 0 Å². The van der Waals surface area contributed by atoms with Crippen molar-refractivity contribution in [2.24, 2.45) is 5.73 Å². The Hall–Kier alpha value is -1.14. The molecule has 4 N–H and O–H groups in total. The van der Waals surface area contributed by atoms with Crippen molar-refractivity contribution in [1.82, 2.24) is 15.5 Å². The van der Waals surface area contributed by atoms with Gasteiger partial charge in [0.05, 0.1) is 6.54 Å². The molecular formula is C14H26N4O2. The predicted molar refractivity (Wildman–Crippen MR) is 77.1 cm³/mol. The molecule has 0 bridgehead atoms. The van der Waals surface area contributed by atoms with Gasteiger partial charge in [0.25, 0.3) is 0 Å². The normalized spacial score (nSPS) is 25.9. The third kappa shape index (κ3) is 4.45. The number of carbonyl (C=O) groups excluding carboxylic acids is 2. The van der Waals surface area contributed by atoms with Crippen molar-refractivity contribution < 1.29 is 9.59 Å². The van der Waals surface area contributed by atoms with E-state index in [1.165, 1.54) is 25.7 Å². The monoisotopic (exact) mass is 282 g/mol. The van der Waals surface area contributed by atoms with Gasteiger partial charge in [0.2, 0.25) is 11.8 Å². The molecule has 1 saturated heterocycles. The lowest BCUT2D eigenvalue weighted by Crippen LogP contribution is -2.59. The molecule has 114 valence electrons. The van der Waals surface area contributed by atoms with Crippen LogP contribution >= 0.6 is 0 Å². The molecule has 1 unspecified atom stereocenters. The molecule has 0 spiro atoms. The summed E-state index contributed by atoms with van der Waals surface area (Å²) in [5, 5.41) is 6.25. The highest BCUT2D eigenvalue weighted by atomic mass is 16.2. The number of rotatable bonds is 4. The summed E-state index contributed by atoms with van der Waals surface area (Å²) in [5.41, 5.74) is 5.39. The van der Waals surface area contributed by atoms with Crippen molar-refractivity contribution in [3.05, 3.63) is 0 Å². The number of amides is 2. The minimum Gasteiger partial charge on any atom is -0.368 e. The summed E-state index contributed by atoms with van der Waals surface area (Å²) in [4.78, 5) is 25.4. The lowest BCUT2D eigenvalue weighted by atomic mass is 10.1. The number of hydrogen-bond acceptors (Lipinski definition) is 4. The van der Waals surface area contributed by atoms with Crippen LogP contribution in [0, 0.1) is 0 Å². The molecule has 2 aliphatic rings. The van der Waals surface area contributed by atoms with Crippen LogP contribution in [0.25, 0.3) is 0 Å². The Balaban J connectivity index is 1.81. The van der Waals surface area contributed by atoms with E-state index in [0.717, 1.165) is 19.4 Å². The molecule has 1 saturated carbocycles. The van der Waals surface area contributed by atoms with E-state index in [-0.39, 0.29) is 24.4 Å². The zero-order valence-electron chi connectivity index (χ0n) is 12.1. The van der Waals surface area contributed by atoms with Gasteiger partial charge in [-0.25, -0.2) is 0 Å². The fourth-order valence-electron chi connectivity index (χ4n) is 3.10. The lowest BCUT2D eigenvalue weighted by Gasteiger charge is -2.33. The molecule has 1 atom stereocenters. The number of nitrogens with zero attached hydrogens (tertiary/aromatic N) is 1. The second-order valence-electron chi connectivity index (χ2n) is 5.85. The van der Waals surface area contributed by atoms with Crippen molar-refractivity contribution >= 4 is 11.8 Å². The van der Waals surface area contributed by atoms with Crippen LogP contribution in [-0.4, -0.2) is 55.0 Å². The summed E-state index contributed by atoms with van der Waals surface area (Å²) in [6.07, 6.45) is 7.09. The molecule has 2 amide bonds. The number of piperazine rings is 1. The predicted octanol–water partition coefficient (Wildman–Crippen LogP) is -0.415. The maximum absolute atomic E-state index is 12.1. The highest BCUT2D eigenvalue weighted by Gasteiger charge is 2.28. The number of hydrogen-bond donors (Lipinski definition) is 3. The Morgan fingerprint density at radius 2 is 1.90 bits per heavy atom. The zero-order chi connectivity index (χ0) is 14.4. The minimum atomic E-state index is -0.372. The van der Waals surface area contributed by atoms with Crippen molar-refractivity contribution in [3.8, 4) is 0 Å².